The molecule has 134 valence electrons. The van der Waals surface area contributed by atoms with E-state index in [4.69, 9.17) is 11.6 Å². The fourth-order valence-corrected chi connectivity index (χ4v) is 3.53. The van der Waals surface area contributed by atoms with Crippen molar-refractivity contribution in [3.63, 3.8) is 0 Å². The molecule has 2 rings (SSSR count). The highest BCUT2D eigenvalue weighted by Gasteiger charge is 2.15. The lowest BCUT2D eigenvalue weighted by molar-refractivity contribution is -0.119. The van der Waals surface area contributed by atoms with E-state index in [2.05, 4.69) is 50.4 Å². The fraction of sp³-hybridized carbons (Fsp3) is 0.381. The van der Waals surface area contributed by atoms with E-state index >= 15 is 0 Å². The van der Waals surface area contributed by atoms with Crippen LogP contribution in [0.1, 0.15) is 50.4 Å². The maximum Gasteiger partial charge on any atom is 0.230 e. The van der Waals surface area contributed by atoms with Crippen molar-refractivity contribution in [1.29, 1.82) is 0 Å². The topological polar surface area (TPSA) is 29.1 Å². The van der Waals surface area contributed by atoms with Gasteiger partial charge in [0.1, 0.15) is 0 Å². The van der Waals surface area contributed by atoms with Crippen LogP contribution in [0.15, 0.2) is 48.5 Å². The number of halogens is 1. The van der Waals surface area contributed by atoms with Gasteiger partial charge in [0.15, 0.2) is 0 Å². The second kappa shape index (κ2) is 8.77. The van der Waals surface area contributed by atoms with Crippen LogP contribution in [0.25, 0.3) is 0 Å². The molecule has 0 aromatic heterocycles. The molecule has 0 unspecified atom stereocenters. The highest BCUT2D eigenvalue weighted by Crippen LogP contribution is 2.24. The molecule has 2 nitrogen and oxygen atoms in total. The third-order valence-electron chi connectivity index (χ3n) is 4.05. The van der Waals surface area contributed by atoms with Crippen LogP contribution < -0.4 is 5.32 Å². The largest absolute Gasteiger partial charge is 0.349 e. The van der Waals surface area contributed by atoms with Crippen molar-refractivity contribution in [2.75, 3.05) is 5.75 Å². The van der Waals surface area contributed by atoms with Crippen molar-refractivity contribution in [2.45, 2.75) is 44.9 Å². The van der Waals surface area contributed by atoms with Gasteiger partial charge in [-0.2, -0.15) is 0 Å². The Bertz CT molecular complexity index is 707. The van der Waals surface area contributed by atoms with Gasteiger partial charge in [0, 0.05) is 10.8 Å². The van der Waals surface area contributed by atoms with Gasteiger partial charge in [-0.1, -0.05) is 68.8 Å². The zero-order valence-electron chi connectivity index (χ0n) is 15.3. The van der Waals surface area contributed by atoms with Gasteiger partial charge < -0.3 is 5.32 Å². The van der Waals surface area contributed by atoms with Crippen LogP contribution in [-0.2, 0) is 16.0 Å². The van der Waals surface area contributed by atoms with Gasteiger partial charge in [0.2, 0.25) is 5.91 Å². The van der Waals surface area contributed by atoms with E-state index in [1.165, 1.54) is 5.56 Å². The smallest absolute Gasteiger partial charge is 0.230 e. The maximum absolute atomic E-state index is 12.2. The summed E-state index contributed by atoms with van der Waals surface area (Å²) in [6, 6.07) is 16.2. The molecule has 1 amide bonds. The van der Waals surface area contributed by atoms with E-state index in [1.54, 1.807) is 11.8 Å². The Morgan fingerprint density at radius 1 is 1.16 bits per heavy atom. The summed E-state index contributed by atoms with van der Waals surface area (Å²) in [4.78, 5) is 12.2. The minimum atomic E-state index is 0.00767. The van der Waals surface area contributed by atoms with Gasteiger partial charge in [0.25, 0.3) is 0 Å². The van der Waals surface area contributed by atoms with E-state index in [0.29, 0.717) is 5.75 Å². The molecule has 1 atom stereocenters. The molecule has 0 aliphatic rings. The van der Waals surface area contributed by atoms with Crippen molar-refractivity contribution < 1.29 is 4.79 Å². The second-order valence-electron chi connectivity index (χ2n) is 7.28. The number of carbonyl (C=O) groups is 1. The Balaban J connectivity index is 1.81. The van der Waals surface area contributed by atoms with Crippen molar-refractivity contribution in [3.05, 3.63) is 70.2 Å². The lowest BCUT2D eigenvalue weighted by atomic mass is 9.86. The first-order valence-electron chi connectivity index (χ1n) is 8.47. The van der Waals surface area contributed by atoms with Crippen LogP contribution >= 0.6 is 23.4 Å². The summed E-state index contributed by atoms with van der Waals surface area (Å²) in [5, 5.41) is 3.80. The minimum Gasteiger partial charge on any atom is -0.349 e. The third-order valence-corrected chi connectivity index (χ3v) is 5.28. The molecule has 0 saturated carbocycles. The van der Waals surface area contributed by atoms with Gasteiger partial charge in [-0.15, -0.1) is 11.8 Å². The highest BCUT2D eigenvalue weighted by atomic mass is 35.5. The lowest BCUT2D eigenvalue weighted by Crippen LogP contribution is -2.28. The molecule has 0 radical (unpaired) electrons. The molecule has 0 fully saturated rings. The Kier molecular flexibility index (Phi) is 6.97. The van der Waals surface area contributed by atoms with Crippen molar-refractivity contribution >= 4 is 29.3 Å². The molecule has 0 saturated heterocycles. The number of hydrogen-bond acceptors (Lipinski definition) is 2. The van der Waals surface area contributed by atoms with Crippen LogP contribution in [0, 0.1) is 0 Å². The molecule has 0 aliphatic carbocycles. The first-order valence-corrected chi connectivity index (χ1v) is 10.0. The quantitative estimate of drug-likeness (QED) is 0.696. The first kappa shape index (κ1) is 19.9. The summed E-state index contributed by atoms with van der Waals surface area (Å²) in [7, 11) is 0. The van der Waals surface area contributed by atoms with Gasteiger partial charge >= 0.3 is 0 Å². The Morgan fingerprint density at radius 3 is 2.44 bits per heavy atom. The van der Waals surface area contributed by atoms with Crippen molar-refractivity contribution in [3.8, 4) is 0 Å². The van der Waals surface area contributed by atoms with Crippen LogP contribution in [0.2, 0.25) is 5.02 Å². The van der Waals surface area contributed by atoms with Crippen LogP contribution in [0.5, 0.6) is 0 Å². The summed E-state index contributed by atoms with van der Waals surface area (Å²) in [5.41, 5.74) is 3.70. The molecule has 25 heavy (non-hydrogen) atoms. The number of amides is 1. The number of hydrogen-bond donors (Lipinski definition) is 1. The van der Waals surface area contributed by atoms with Crippen molar-refractivity contribution in [1.82, 2.24) is 5.32 Å². The zero-order chi connectivity index (χ0) is 18.4. The molecule has 4 heteroatoms. The SMILES string of the molecule is C[C@@H](NC(=O)CSCc1cccc(Cl)c1)c1ccc(C(C)(C)C)cc1. The van der Waals surface area contributed by atoms with Gasteiger partial charge in [-0.05, 0) is 41.2 Å². The van der Waals surface area contributed by atoms with Crippen LogP contribution in [-0.4, -0.2) is 11.7 Å². The van der Waals surface area contributed by atoms with E-state index in [-0.39, 0.29) is 17.4 Å². The van der Waals surface area contributed by atoms with E-state index in [1.807, 2.05) is 31.2 Å². The Morgan fingerprint density at radius 2 is 1.84 bits per heavy atom. The van der Waals surface area contributed by atoms with Crippen LogP contribution in [0.4, 0.5) is 0 Å². The monoisotopic (exact) mass is 375 g/mol. The lowest BCUT2D eigenvalue weighted by Gasteiger charge is -2.20. The van der Waals surface area contributed by atoms with Gasteiger partial charge in [0.05, 0.1) is 11.8 Å². The molecule has 0 spiro atoms. The summed E-state index contributed by atoms with van der Waals surface area (Å²) in [6.45, 7) is 8.62. The molecule has 0 heterocycles. The van der Waals surface area contributed by atoms with E-state index < -0.39 is 0 Å². The molecular weight excluding hydrogens is 350 g/mol. The number of benzene rings is 2. The number of nitrogens with one attached hydrogen (secondary N) is 1. The average molecular weight is 376 g/mol. The van der Waals surface area contributed by atoms with Gasteiger partial charge in [-0.25, -0.2) is 0 Å². The predicted octanol–water partition coefficient (Wildman–Crippen LogP) is 5.75. The second-order valence-corrected chi connectivity index (χ2v) is 8.71. The highest BCUT2D eigenvalue weighted by molar-refractivity contribution is 7.99. The number of thioether (sulfide) groups is 1. The summed E-state index contributed by atoms with van der Waals surface area (Å²) in [6.07, 6.45) is 0. The van der Waals surface area contributed by atoms with E-state index in [0.717, 1.165) is 21.9 Å². The maximum atomic E-state index is 12.2. The predicted molar refractivity (Wildman–Crippen MR) is 109 cm³/mol. The molecule has 0 aliphatic heterocycles. The fourth-order valence-electron chi connectivity index (χ4n) is 2.53. The van der Waals surface area contributed by atoms with E-state index in [9.17, 15) is 4.79 Å². The molecule has 2 aromatic rings. The summed E-state index contributed by atoms with van der Waals surface area (Å²) in [5.74, 6) is 1.28. The van der Waals surface area contributed by atoms with Crippen molar-refractivity contribution in [2.24, 2.45) is 0 Å². The van der Waals surface area contributed by atoms with Crippen LogP contribution in [0.3, 0.4) is 0 Å². The molecule has 2 aromatic carbocycles. The Labute approximate surface area is 160 Å². The molecular formula is C21H26ClNOS. The molecule has 0 bridgehead atoms. The third kappa shape index (κ3) is 6.41. The zero-order valence-corrected chi connectivity index (χ0v) is 16.9. The number of rotatable bonds is 6. The minimum absolute atomic E-state index is 0.00767. The number of carbonyl (C=O) groups excluding carboxylic acids is 1. The van der Waals surface area contributed by atoms with Gasteiger partial charge in [-0.3, -0.25) is 4.79 Å². The molecule has 1 N–H and O–H groups in total. The summed E-state index contributed by atoms with van der Waals surface area (Å²) >= 11 is 7.57. The standard InChI is InChI=1S/C21H26ClNOS/c1-15(17-8-10-18(11-9-17)21(2,3)4)23-20(24)14-25-13-16-6-5-7-19(22)12-16/h5-12,15H,13-14H2,1-4H3,(H,23,24)/t15-/m1/s1. The summed E-state index contributed by atoms with van der Waals surface area (Å²) < 4.78 is 0. The normalized spacial score (nSPS) is 12.7. The Hall–Kier alpha value is -1.45. The average Bonchev–Trinajstić information content (AvgIpc) is 2.54. The first-order chi connectivity index (χ1) is 11.8.